The zero-order valence-corrected chi connectivity index (χ0v) is 37.1. The van der Waals surface area contributed by atoms with Crippen LogP contribution in [-0.2, 0) is 21.5 Å². The number of ketones is 1. The van der Waals surface area contributed by atoms with Crippen molar-refractivity contribution in [2.45, 2.75) is 82.6 Å². The Morgan fingerprint density at radius 2 is 1.29 bits per heavy atom. The molecule has 2 atom stereocenters. The molecule has 1 aliphatic rings. The summed E-state index contributed by atoms with van der Waals surface area (Å²) in [6.07, 6.45) is -0.154. The van der Waals surface area contributed by atoms with Gasteiger partial charge in [-0.2, -0.15) is 0 Å². The Labute approximate surface area is 378 Å². The minimum absolute atomic E-state index is 0.0918. The molecule has 8 rings (SSSR count). The number of hydrogen-bond donors (Lipinski definition) is 3. The molecule has 3 N–H and O–H groups in total. The van der Waals surface area contributed by atoms with Crippen LogP contribution in [0.25, 0.3) is 22.5 Å². The maximum atomic E-state index is 15.2. The monoisotopic (exact) mass is 869 g/mol. The smallest absolute Gasteiger partial charge is 0.408 e. The summed E-state index contributed by atoms with van der Waals surface area (Å²) in [7, 11) is 0. The summed E-state index contributed by atoms with van der Waals surface area (Å²) in [6, 6.07) is 48.9. The Morgan fingerprint density at radius 3 is 1.88 bits per heavy atom. The van der Waals surface area contributed by atoms with E-state index in [-0.39, 0.29) is 18.1 Å². The van der Waals surface area contributed by atoms with Gasteiger partial charge in [0.15, 0.2) is 11.6 Å². The van der Waals surface area contributed by atoms with Gasteiger partial charge in [0.1, 0.15) is 23.0 Å². The normalized spacial score (nSPS) is 15.2. The number of halogens is 1. The van der Waals surface area contributed by atoms with E-state index >= 15 is 4.39 Å². The van der Waals surface area contributed by atoms with Crippen molar-refractivity contribution >= 4 is 23.5 Å². The Balaban J connectivity index is 1.12. The van der Waals surface area contributed by atoms with Gasteiger partial charge in [-0.15, -0.1) is 5.10 Å². The Bertz CT molecular complexity index is 2690. The van der Waals surface area contributed by atoms with E-state index in [1.807, 2.05) is 95.7 Å². The third kappa shape index (κ3) is 9.43. The highest BCUT2D eigenvalue weighted by Crippen LogP contribution is 2.43. The standard InChI is InChI=1S/C53H52FN7O4/c1-51(2,3)65-50(64)57-52(4,5)34-46(62)55-45-33-32-42-43(54)26-17-27-44(42)56-47(45)48(63)36-30-28-35(29-31-36)40-24-15-16-25-41(40)49-58-59-60-61(49)53(37-18-9-6-10-19-37,38-20-11-7-12-21-38)39-22-13-8-14-23-39/h6-31,45,47,56H,32-34H2,1-5H3,(H,55,62)(H,57,64). The third-order valence-electron chi connectivity index (χ3n) is 11.6. The van der Waals surface area contributed by atoms with Crippen molar-refractivity contribution in [3.63, 3.8) is 0 Å². The number of fused-ring (bicyclic) bond motifs is 1. The van der Waals surface area contributed by atoms with Crippen molar-refractivity contribution in [3.05, 3.63) is 191 Å². The Kier molecular flexibility index (Phi) is 12.4. The van der Waals surface area contributed by atoms with Gasteiger partial charge in [0.2, 0.25) is 5.91 Å². The Hall–Kier alpha value is -7.47. The molecule has 0 fully saturated rings. The van der Waals surface area contributed by atoms with Gasteiger partial charge in [0.25, 0.3) is 0 Å². The maximum Gasteiger partial charge on any atom is 0.408 e. The van der Waals surface area contributed by atoms with Crippen LogP contribution in [0, 0.1) is 5.82 Å². The van der Waals surface area contributed by atoms with Gasteiger partial charge in [-0.05, 0) is 97.8 Å². The van der Waals surface area contributed by atoms with Crippen molar-refractivity contribution in [2.75, 3.05) is 5.32 Å². The molecule has 65 heavy (non-hydrogen) atoms. The Morgan fingerprint density at radius 1 is 0.723 bits per heavy atom. The number of hydrogen-bond acceptors (Lipinski definition) is 8. The second kappa shape index (κ2) is 18.3. The van der Waals surface area contributed by atoms with Crippen LogP contribution in [0.5, 0.6) is 0 Å². The minimum atomic E-state index is -0.972. The highest BCUT2D eigenvalue weighted by Gasteiger charge is 2.42. The summed E-state index contributed by atoms with van der Waals surface area (Å²) in [4.78, 5) is 40.9. The summed E-state index contributed by atoms with van der Waals surface area (Å²) in [5.41, 5.74) is 4.04. The fraction of sp³-hybridized carbons (Fsp3) is 0.245. The fourth-order valence-corrected chi connectivity index (χ4v) is 8.78. The number of carbonyl (C=O) groups excluding carboxylic acids is 3. The molecule has 330 valence electrons. The lowest BCUT2D eigenvalue weighted by Crippen LogP contribution is -2.53. The van der Waals surface area contributed by atoms with Crippen molar-refractivity contribution in [1.29, 1.82) is 0 Å². The summed E-state index contributed by atoms with van der Waals surface area (Å²) >= 11 is 0. The molecule has 2 heterocycles. The molecular weight excluding hydrogens is 818 g/mol. The van der Waals surface area contributed by atoms with Crippen molar-refractivity contribution in [3.8, 4) is 22.5 Å². The second-order valence-electron chi connectivity index (χ2n) is 18.0. The number of amides is 2. The number of aromatic nitrogens is 4. The summed E-state index contributed by atoms with van der Waals surface area (Å²) in [6.45, 7) is 8.73. The summed E-state index contributed by atoms with van der Waals surface area (Å²) in [5.74, 6) is -0.514. The second-order valence-corrected chi connectivity index (χ2v) is 18.0. The quantitative estimate of drug-likeness (QED) is 0.0815. The van der Waals surface area contributed by atoms with Crippen LogP contribution >= 0.6 is 0 Å². The maximum absolute atomic E-state index is 15.2. The first-order valence-corrected chi connectivity index (χ1v) is 21.8. The highest BCUT2D eigenvalue weighted by atomic mass is 19.1. The topological polar surface area (TPSA) is 140 Å². The number of Topliss-reactive ketones (excluding diaryl/α,β-unsaturated/α-hetero) is 1. The van der Waals surface area contributed by atoms with E-state index in [4.69, 9.17) is 9.95 Å². The average Bonchev–Trinajstić information content (AvgIpc) is 3.70. The summed E-state index contributed by atoms with van der Waals surface area (Å²) < 4.78 is 22.5. The SMILES string of the molecule is CC(C)(CC(=O)NC1CCc2c(F)cccc2NC1C(=O)c1ccc(-c2ccccc2-c2nnnn2C(c2ccccc2)(c2ccccc2)c2ccccc2)cc1)NC(=O)OC(C)(C)C. The number of carbonyl (C=O) groups is 3. The van der Waals surface area contributed by atoms with Gasteiger partial charge in [0.05, 0.1) is 6.04 Å². The van der Waals surface area contributed by atoms with E-state index in [0.717, 1.165) is 33.4 Å². The van der Waals surface area contributed by atoms with Crippen molar-refractivity contribution < 1.29 is 23.5 Å². The van der Waals surface area contributed by atoms with Gasteiger partial charge < -0.3 is 20.7 Å². The molecular formula is C53H52FN7O4. The molecule has 7 aromatic rings. The number of nitrogens with one attached hydrogen (secondary N) is 3. The molecule has 1 aromatic heterocycles. The van der Waals surface area contributed by atoms with Crippen LogP contribution in [0.4, 0.5) is 14.9 Å². The number of benzene rings is 6. The van der Waals surface area contributed by atoms with Gasteiger partial charge in [-0.1, -0.05) is 146 Å². The average molecular weight is 870 g/mol. The minimum Gasteiger partial charge on any atom is -0.444 e. The fourth-order valence-electron chi connectivity index (χ4n) is 8.78. The van der Waals surface area contributed by atoms with E-state index in [1.54, 1.807) is 58.9 Å². The van der Waals surface area contributed by atoms with Gasteiger partial charge in [0, 0.05) is 34.3 Å². The molecule has 2 amide bonds. The lowest BCUT2D eigenvalue weighted by molar-refractivity contribution is -0.123. The van der Waals surface area contributed by atoms with Gasteiger partial charge in [-0.3, -0.25) is 9.59 Å². The predicted octanol–water partition coefficient (Wildman–Crippen LogP) is 9.77. The van der Waals surface area contributed by atoms with E-state index in [0.29, 0.717) is 35.5 Å². The largest absolute Gasteiger partial charge is 0.444 e. The molecule has 12 heteroatoms. The molecule has 0 saturated carbocycles. The van der Waals surface area contributed by atoms with E-state index < -0.39 is 40.7 Å². The highest BCUT2D eigenvalue weighted by molar-refractivity contribution is 6.03. The number of nitrogens with zero attached hydrogens (tertiary/aromatic N) is 4. The van der Waals surface area contributed by atoms with E-state index in [9.17, 15) is 14.4 Å². The molecule has 11 nitrogen and oxygen atoms in total. The molecule has 2 unspecified atom stereocenters. The van der Waals surface area contributed by atoms with Crippen LogP contribution < -0.4 is 16.0 Å². The first-order valence-electron chi connectivity index (χ1n) is 21.8. The van der Waals surface area contributed by atoms with Crippen LogP contribution in [0.15, 0.2) is 158 Å². The lowest BCUT2D eigenvalue weighted by Gasteiger charge is -2.36. The number of tetrazole rings is 1. The van der Waals surface area contributed by atoms with E-state index in [2.05, 4.69) is 62.7 Å². The van der Waals surface area contributed by atoms with Crippen LogP contribution in [0.1, 0.15) is 80.1 Å². The molecule has 6 aromatic carbocycles. The first-order chi connectivity index (χ1) is 31.2. The molecule has 0 radical (unpaired) electrons. The lowest BCUT2D eigenvalue weighted by atomic mass is 9.77. The number of ether oxygens (including phenoxy) is 1. The van der Waals surface area contributed by atoms with Crippen molar-refractivity contribution in [1.82, 2.24) is 30.8 Å². The number of anilines is 1. The molecule has 0 bridgehead atoms. The molecule has 0 saturated heterocycles. The summed E-state index contributed by atoms with van der Waals surface area (Å²) in [5, 5.41) is 22.8. The molecule has 0 aliphatic carbocycles. The first kappa shape index (κ1) is 44.1. The van der Waals surface area contributed by atoms with Gasteiger partial charge >= 0.3 is 6.09 Å². The van der Waals surface area contributed by atoms with Crippen LogP contribution in [-0.4, -0.2) is 61.2 Å². The van der Waals surface area contributed by atoms with Gasteiger partial charge in [-0.25, -0.2) is 13.9 Å². The third-order valence-corrected chi connectivity index (χ3v) is 11.6. The van der Waals surface area contributed by atoms with Crippen LogP contribution in [0.2, 0.25) is 0 Å². The van der Waals surface area contributed by atoms with Crippen LogP contribution in [0.3, 0.4) is 0 Å². The zero-order valence-electron chi connectivity index (χ0n) is 37.1. The molecule has 0 spiro atoms. The zero-order chi connectivity index (χ0) is 45.8. The molecule has 1 aliphatic heterocycles. The van der Waals surface area contributed by atoms with E-state index in [1.165, 1.54) is 6.07 Å². The number of alkyl carbamates (subject to hydrolysis) is 1. The number of rotatable bonds is 12. The predicted molar refractivity (Wildman–Crippen MR) is 250 cm³/mol. The van der Waals surface area contributed by atoms with Crippen molar-refractivity contribution in [2.24, 2.45) is 0 Å².